The number of rotatable bonds is 12. The number of hydrogen-bond acceptors (Lipinski definition) is 3. The van der Waals surface area contributed by atoms with Gasteiger partial charge >= 0.3 is 8.80 Å². The van der Waals surface area contributed by atoms with E-state index >= 15 is 0 Å². The molecule has 0 amide bonds. The predicted octanol–water partition coefficient (Wildman–Crippen LogP) is 5.18. The second kappa shape index (κ2) is 10.8. The van der Waals surface area contributed by atoms with Gasteiger partial charge in [-0.05, 0) is 31.6 Å². The van der Waals surface area contributed by atoms with Crippen molar-refractivity contribution in [3.05, 3.63) is 0 Å². The molecular weight excluding hydrogens is 280 g/mol. The van der Waals surface area contributed by atoms with Crippen LogP contribution in [0.1, 0.15) is 79.1 Å². The first-order valence-corrected chi connectivity index (χ1v) is 11.0. The molecule has 1 unspecified atom stereocenters. The number of hydrogen-bond donors (Lipinski definition) is 0. The summed E-state index contributed by atoms with van der Waals surface area (Å²) in [6.07, 6.45) is 9.58. The van der Waals surface area contributed by atoms with Crippen molar-refractivity contribution in [3.63, 3.8) is 0 Å². The minimum atomic E-state index is -2.55. The van der Waals surface area contributed by atoms with E-state index in [2.05, 4.69) is 27.7 Å². The maximum atomic E-state index is 6.34. The van der Waals surface area contributed by atoms with Gasteiger partial charge in [0.15, 0.2) is 0 Å². The van der Waals surface area contributed by atoms with Crippen LogP contribution in [0.3, 0.4) is 0 Å². The highest BCUT2D eigenvalue weighted by atomic mass is 28.4. The molecule has 0 aromatic carbocycles. The maximum absolute atomic E-state index is 6.34. The Bertz CT molecular complexity index is 233. The van der Waals surface area contributed by atoms with Crippen molar-refractivity contribution in [1.82, 2.24) is 0 Å². The van der Waals surface area contributed by atoms with Gasteiger partial charge in [0.1, 0.15) is 0 Å². The molecule has 0 aromatic heterocycles. The fourth-order valence-electron chi connectivity index (χ4n) is 3.41. The summed E-state index contributed by atoms with van der Waals surface area (Å²) in [7, 11) is -2.55. The fourth-order valence-corrected chi connectivity index (χ4v) is 7.18. The summed E-state index contributed by atoms with van der Waals surface area (Å²) in [6.45, 7) is 11.1. The molecule has 1 fully saturated rings. The molecule has 3 nitrogen and oxygen atoms in total. The summed E-state index contributed by atoms with van der Waals surface area (Å²) in [5.41, 5.74) is 0.490. The van der Waals surface area contributed by atoms with E-state index in [0.29, 0.717) is 5.54 Å². The van der Waals surface area contributed by atoms with Gasteiger partial charge in [-0.1, -0.05) is 53.4 Å². The first kappa shape index (κ1) is 19.1. The first-order chi connectivity index (χ1) is 10.2. The average molecular weight is 317 g/mol. The summed E-state index contributed by atoms with van der Waals surface area (Å²) in [5, 5.41) is 0. The lowest BCUT2D eigenvalue weighted by atomic mass is 10.0. The van der Waals surface area contributed by atoms with Gasteiger partial charge in [0.25, 0.3) is 0 Å². The van der Waals surface area contributed by atoms with E-state index in [0.717, 1.165) is 51.4 Å². The third kappa shape index (κ3) is 5.66. The van der Waals surface area contributed by atoms with E-state index in [1.54, 1.807) is 0 Å². The van der Waals surface area contributed by atoms with Gasteiger partial charge in [-0.2, -0.15) is 0 Å². The van der Waals surface area contributed by atoms with Gasteiger partial charge < -0.3 is 13.3 Å². The van der Waals surface area contributed by atoms with Crippen LogP contribution in [0.25, 0.3) is 0 Å². The molecule has 0 aromatic rings. The molecule has 1 rings (SSSR count). The van der Waals surface area contributed by atoms with Crippen molar-refractivity contribution in [2.75, 3.05) is 19.8 Å². The van der Waals surface area contributed by atoms with Crippen molar-refractivity contribution in [1.29, 1.82) is 0 Å². The van der Waals surface area contributed by atoms with Gasteiger partial charge in [0, 0.05) is 25.4 Å². The summed E-state index contributed by atoms with van der Waals surface area (Å²) in [6, 6.07) is 0. The van der Waals surface area contributed by atoms with Crippen LogP contribution in [0, 0.1) is 5.92 Å². The van der Waals surface area contributed by atoms with Crippen LogP contribution in [0.4, 0.5) is 0 Å². The Kier molecular flexibility index (Phi) is 9.81. The quantitative estimate of drug-likeness (QED) is 0.465. The van der Waals surface area contributed by atoms with Crippen molar-refractivity contribution < 1.29 is 13.3 Å². The second-order valence-electron chi connectivity index (χ2n) is 6.21. The monoisotopic (exact) mass is 316 g/mol. The van der Waals surface area contributed by atoms with E-state index in [4.69, 9.17) is 13.3 Å². The van der Waals surface area contributed by atoms with Crippen molar-refractivity contribution >= 4 is 8.80 Å². The maximum Gasteiger partial charge on any atom is 0.504 e. The largest absolute Gasteiger partial charge is 0.504 e. The standard InChI is InChI=1S/C17H36O3Si/c1-5-13-18-21(19-14-6-2,20-15-7-3)17(8-4)16-11-9-10-12-16/h16-17H,5-15H2,1-4H3. The van der Waals surface area contributed by atoms with Crippen molar-refractivity contribution in [3.8, 4) is 0 Å². The van der Waals surface area contributed by atoms with Gasteiger partial charge in [0.05, 0.1) is 0 Å². The zero-order valence-electron chi connectivity index (χ0n) is 14.7. The Hall–Kier alpha value is 0.0969. The molecule has 0 spiro atoms. The zero-order valence-corrected chi connectivity index (χ0v) is 15.7. The van der Waals surface area contributed by atoms with E-state index in [1.807, 2.05) is 0 Å². The lowest BCUT2D eigenvalue weighted by molar-refractivity contribution is 0.0420. The van der Waals surface area contributed by atoms with E-state index in [1.165, 1.54) is 25.7 Å². The highest BCUT2D eigenvalue weighted by Crippen LogP contribution is 2.44. The first-order valence-electron chi connectivity index (χ1n) is 9.15. The SMILES string of the molecule is CCCO[Si](OCCC)(OCCC)C(CC)C1CCCC1. The lowest BCUT2D eigenvalue weighted by Crippen LogP contribution is -2.52. The van der Waals surface area contributed by atoms with Crippen LogP contribution < -0.4 is 0 Å². The van der Waals surface area contributed by atoms with Gasteiger partial charge in [-0.3, -0.25) is 0 Å². The normalized spacial score (nSPS) is 18.3. The smallest absolute Gasteiger partial charge is 0.373 e. The van der Waals surface area contributed by atoms with Crippen molar-refractivity contribution in [2.45, 2.75) is 84.6 Å². The summed E-state index contributed by atoms with van der Waals surface area (Å²) < 4.78 is 19.0. The molecule has 21 heavy (non-hydrogen) atoms. The summed E-state index contributed by atoms with van der Waals surface area (Å²) >= 11 is 0. The molecule has 4 heteroatoms. The minimum Gasteiger partial charge on any atom is -0.373 e. The molecule has 0 aliphatic heterocycles. The second-order valence-corrected chi connectivity index (χ2v) is 9.02. The van der Waals surface area contributed by atoms with Gasteiger partial charge in [-0.25, -0.2) is 0 Å². The van der Waals surface area contributed by atoms with Crippen LogP contribution in [0.5, 0.6) is 0 Å². The molecular formula is C17H36O3Si. The van der Waals surface area contributed by atoms with Crippen LogP contribution >= 0.6 is 0 Å². The lowest BCUT2D eigenvalue weighted by Gasteiger charge is -2.38. The Balaban J connectivity index is 2.89. The molecule has 0 N–H and O–H groups in total. The van der Waals surface area contributed by atoms with Crippen LogP contribution in [0.2, 0.25) is 5.54 Å². The minimum absolute atomic E-state index is 0.490. The Morgan fingerprint density at radius 3 is 1.57 bits per heavy atom. The topological polar surface area (TPSA) is 27.7 Å². The highest BCUT2D eigenvalue weighted by molar-refractivity contribution is 6.62. The molecule has 126 valence electrons. The molecule has 1 saturated carbocycles. The van der Waals surface area contributed by atoms with E-state index < -0.39 is 8.80 Å². The third-order valence-electron chi connectivity index (χ3n) is 4.38. The van der Waals surface area contributed by atoms with Crippen molar-refractivity contribution in [2.24, 2.45) is 5.92 Å². The van der Waals surface area contributed by atoms with Crippen LogP contribution in [-0.2, 0) is 13.3 Å². The average Bonchev–Trinajstić information content (AvgIpc) is 3.03. The Labute approximate surface area is 133 Å². The molecule has 0 heterocycles. The highest BCUT2D eigenvalue weighted by Gasteiger charge is 2.52. The van der Waals surface area contributed by atoms with Crippen LogP contribution in [0.15, 0.2) is 0 Å². The molecule has 0 saturated heterocycles. The molecule has 1 aliphatic carbocycles. The molecule has 1 aliphatic rings. The van der Waals surface area contributed by atoms with E-state index in [-0.39, 0.29) is 0 Å². The third-order valence-corrected chi connectivity index (χ3v) is 7.99. The van der Waals surface area contributed by atoms with E-state index in [9.17, 15) is 0 Å². The van der Waals surface area contributed by atoms with Gasteiger partial charge in [0.2, 0.25) is 0 Å². The molecule has 0 bridgehead atoms. The van der Waals surface area contributed by atoms with Crippen LogP contribution in [-0.4, -0.2) is 28.6 Å². The fraction of sp³-hybridized carbons (Fsp3) is 1.00. The molecule has 1 atom stereocenters. The molecule has 0 radical (unpaired) electrons. The predicted molar refractivity (Wildman–Crippen MR) is 90.5 cm³/mol. The summed E-state index contributed by atoms with van der Waals surface area (Å²) in [4.78, 5) is 0. The van der Waals surface area contributed by atoms with Gasteiger partial charge in [-0.15, -0.1) is 0 Å². The Morgan fingerprint density at radius 1 is 0.810 bits per heavy atom. The Morgan fingerprint density at radius 2 is 1.24 bits per heavy atom. The zero-order chi connectivity index (χ0) is 15.6. The summed E-state index contributed by atoms with van der Waals surface area (Å²) in [5.74, 6) is 0.743.